The number of hydrogen-bond acceptors (Lipinski definition) is 5. The first-order valence-electron chi connectivity index (χ1n) is 6.61. The van der Waals surface area contributed by atoms with Crippen molar-refractivity contribution >= 4 is 5.82 Å². The molecule has 2 aliphatic rings. The number of anilines is 1. The molecule has 2 heterocycles. The lowest BCUT2D eigenvalue weighted by Gasteiger charge is -2.39. The minimum atomic E-state index is -0.104. The monoisotopic (exact) mass is 249 g/mol. The third kappa shape index (κ3) is 1.97. The average molecular weight is 249 g/mol. The van der Waals surface area contributed by atoms with Crippen LogP contribution in [0, 0.1) is 0 Å². The zero-order valence-electron chi connectivity index (χ0n) is 10.7. The number of ether oxygens (including phenoxy) is 1. The predicted molar refractivity (Wildman–Crippen MR) is 67.7 cm³/mol. The summed E-state index contributed by atoms with van der Waals surface area (Å²) in [6, 6.07) is 0.299. The van der Waals surface area contributed by atoms with Crippen molar-refractivity contribution in [3.05, 3.63) is 17.6 Å². The first-order valence-corrected chi connectivity index (χ1v) is 6.61. The van der Waals surface area contributed by atoms with E-state index in [1.54, 1.807) is 6.33 Å². The van der Waals surface area contributed by atoms with Crippen LogP contribution in [0.1, 0.15) is 24.6 Å². The number of morpholine rings is 1. The summed E-state index contributed by atoms with van der Waals surface area (Å²) in [6.07, 6.45) is 4.86. The van der Waals surface area contributed by atoms with Crippen LogP contribution in [0.2, 0.25) is 0 Å². The molecule has 1 N–H and O–H groups in total. The Balaban J connectivity index is 1.91. The van der Waals surface area contributed by atoms with Gasteiger partial charge in [0.2, 0.25) is 0 Å². The number of hydrogen-bond donors (Lipinski definition) is 1. The van der Waals surface area contributed by atoms with Crippen molar-refractivity contribution < 1.29 is 9.84 Å². The molecule has 1 saturated heterocycles. The fourth-order valence-corrected chi connectivity index (χ4v) is 2.81. The van der Waals surface area contributed by atoms with E-state index < -0.39 is 0 Å². The topological polar surface area (TPSA) is 58.5 Å². The van der Waals surface area contributed by atoms with Crippen LogP contribution in [0.15, 0.2) is 6.33 Å². The van der Waals surface area contributed by atoms with Gasteiger partial charge in [-0.15, -0.1) is 0 Å². The molecule has 18 heavy (non-hydrogen) atoms. The molecule has 2 atom stereocenters. The number of aliphatic hydroxyl groups is 1. The van der Waals surface area contributed by atoms with Gasteiger partial charge in [0.1, 0.15) is 12.1 Å². The molecule has 1 aromatic rings. The van der Waals surface area contributed by atoms with Gasteiger partial charge in [-0.1, -0.05) is 0 Å². The highest BCUT2D eigenvalue weighted by Crippen LogP contribution is 2.30. The summed E-state index contributed by atoms with van der Waals surface area (Å²) in [5.41, 5.74) is 2.49. The predicted octanol–water partition coefficient (Wildman–Crippen LogP) is 0.551. The summed E-state index contributed by atoms with van der Waals surface area (Å²) in [4.78, 5) is 11.1. The van der Waals surface area contributed by atoms with Crippen LogP contribution in [-0.2, 0) is 17.6 Å². The van der Waals surface area contributed by atoms with Gasteiger partial charge in [0.05, 0.1) is 25.4 Å². The summed E-state index contributed by atoms with van der Waals surface area (Å²) >= 11 is 0. The van der Waals surface area contributed by atoms with Gasteiger partial charge in [-0.3, -0.25) is 0 Å². The zero-order valence-corrected chi connectivity index (χ0v) is 10.7. The number of aliphatic hydroxyl groups excluding tert-OH is 1. The van der Waals surface area contributed by atoms with E-state index in [1.165, 1.54) is 17.7 Å². The Bertz CT molecular complexity index is 438. The summed E-state index contributed by atoms with van der Waals surface area (Å²) < 4.78 is 5.58. The first-order chi connectivity index (χ1) is 8.79. The van der Waals surface area contributed by atoms with Crippen LogP contribution in [0.3, 0.4) is 0 Å². The van der Waals surface area contributed by atoms with E-state index in [4.69, 9.17) is 4.74 Å². The minimum Gasteiger partial charge on any atom is -0.394 e. The summed E-state index contributed by atoms with van der Waals surface area (Å²) in [5.74, 6) is 1.05. The second-order valence-corrected chi connectivity index (χ2v) is 5.12. The molecule has 0 aromatic carbocycles. The fourth-order valence-electron chi connectivity index (χ4n) is 2.81. The molecule has 3 rings (SSSR count). The molecule has 1 aliphatic heterocycles. The standard InChI is InChI=1S/C13H19N3O2/c1-9-7-18-10(6-17)5-16(9)13-11-3-2-4-12(11)14-8-15-13/h8-10,17H,2-7H2,1H3. The lowest BCUT2D eigenvalue weighted by Crippen LogP contribution is -2.50. The molecule has 0 amide bonds. The van der Waals surface area contributed by atoms with Gasteiger partial charge in [-0.25, -0.2) is 9.97 Å². The first kappa shape index (κ1) is 11.9. The molecule has 1 aromatic heterocycles. The van der Waals surface area contributed by atoms with Crippen molar-refractivity contribution in [3.8, 4) is 0 Å². The van der Waals surface area contributed by atoms with E-state index in [2.05, 4.69) is 21.8 Å². The van der Waals surface area contributed by atoms with Crippen LogP contribution in [0.25, 0.3) is 0 Å². The van der Waals surface area contributed by atoms with Crippen molar-refractivity contribution in [2.75, 3.05) is 24.7 Å². The van der Waals surface area contributed by atoms with E-state index in [-0.39, 0.29) is 12.7 Å². The van der Waals surface area contributed by atoms with Crippen molar-refractivity contribution in [3.63, 3.8) is 0 Å². The lowest BCUT2D eigenvalue weighted by atomic mass is 10.1. The van der Waals surface area contributed by atoms with Crippen molar-refractivity contribution in [1.29, 1.82) is 0 Å². The van der Waals surface area contributed by atoms with Crippen molar-refractivity contribution in [2.24, 2.45) is 0 Å². The molecule has 0 bridgehead atoms. The smallest absolute Gasteiger partial charge is 0.135 e. The molecule has 98 valence electrons. The molecule has 1 fully saturated rings. The van der Waals surface area contributed by atoms with Gasteiger partial charge < -0.3 is 14.7 Å². The van der Waals surface area contributed by atoms with Crippen LogP contribution in [0.5, 0.6) is 0 Å². The molecule has 0 spiro atoms. The van der Waals surface area contributed by atoms with Crippen LogP contribution < -0.4 is 4.90 Å². The largest absolute Gasteiger partial charge is 0.394 e. The van der Waals surface area contributed by atoms with E-state index in [0.717, 1.165) is 18.7 Å². The molecular weight excluding hydrogens is 230 g/mol. The summed E-state index contributed by atoms with van der Waals surface area (Å²) in [5, 5.41) is 9.25. The fraction of sp³-hybridized carbons (Fsp3) is 0.692. The highest BCUT2D eigenvalue weighted by molar-refractivity contribution is 5.51. The summed E-state index contributed by atoms with van der Waals surface area (Å²) in [7, 11) is 0. The van der Waals surface area contributed by atoms with E-state index in [0.29, 0.717) is 19.2 Å². The van der Waals surface area contributed by atoms with Crippen LogP contribution in [0.4, 0.5) is 5.82 Å². The third-order valence-electron chi connectivity index (χ3n) is 3.83. The van der Waals surface area contributed by atoms with Crippen molar-refractivity contribution in [1.82, 2.24) is 9.97 Å². The summed E-state index contributed by atoms with van der Waals surface area (Å²) in [6.45, 7) is 3.55. The number of aryl methyl sites for hydroxylation is 1. The van der Waals surface area contributed by atoms with Crippen LogP contribution >= 0.6 is 0 Å². The Labute approximate surface area is 107 Å². The number of nitrogens with zero attached hydrogens (tertiary/aromatic N) is 3. The van der Waals surface area contributed by atoms with Crippen LogP contribution in [-0.4, -0.2) is 47.0 Å². The van der Waals surface area contributed by atoms with Gasteiger partial charge >= 0.3 is 0 Å². The highest BCUT2D eigenvalue weighted by Gasteiger charge is 2.30. The third-order valence-corrected chi connectivity index (χ3v) is 3.83. The molecule has 2 unspecified atom stereocenters. The lowest BCUT2D eigenvalue weighted by molar-refractivity contribution is -0.0106. The Morgan fingerprint density at radius 3 is 3.17 bits per heavy atom. The maximum Gasteiger partial charge on any atom is 0.135 e. The minimum absolute atomic E-state index is 0.0660. The number of fused-ring (bicyclic) bond motifs is 1. The highest BCUT2D eigenvalue weighted by atomic mass is 16.5. The Morgan fingerprint density at radius 2 is 2.33 bits per heavy atom. The van der Waals surface area contributed by atoms with E-state index >= 15 is 0 Å². The van der Waals surface area contributed by atoms with Gasteiger partial charge in [-0.05, 0) is 26.2 Å². The van der Waals surface area contributed by atoms with Gasteiger partial charge in [0.25, 0.3) is 0 Å². The molecule has 5 nitrogen and oxygen atoms in total. The number of rotatable bonds is 2. The zero-order chi connectivity index (χ0) is 12.5. The number of aromatic nitrogens is 2. The molecule has 5 heteroatoms. The Morgan fingerprint density at radius 1 is 1.44 bits per heavy atom. The molecule has 1 aliphatic carbocycles. The van der Waals surface area contributed by atoms with E-state index in [1.807, 2.05) is 0 Å². The normalized spacial score (nSPS) is 27.3. The maximum atomic E-state index is 9.25. The van der Waals surface area contributed by atoms with Gasteiger partial charge in [0.15, 0.2) is 0 Å². The quantitative estimate of drug-likeness (QED) is 0.829. The molecule has 0 saturated carbocycles. The maximum absolute atomic E-state index is 9.25. The molecule has 0 radical (unpaired) electrons. The Hall–Kier alpha value is -1.20. The average Bonchev–Trinajstić information content (AvgIpc) is 2.87. The SMILES string of the molecule is CC1COC(CO)CN1c1ncnc2c1CCC2. The van der Waals surface area contributed by atoms with E-state index in [9.17, 15) is 5.11 Å². The second kappa shape index (κ2) is 4.82. The molecular formula is C13H19N3O2. The van der Waals surface area contributed by atoms with Crippen molar-refractivity contribution in [2.45, 2.75) is 38.3 Å². The van der Waals surface area contributed by atoms with Gasteiger partial charge in [0, 0.05) is 17.8 Å². The van der Waals surface area contributed by atoms with Gasteiger partial charge in [-0.2, -0.15) is 0 Å². The Kier molecular flexibility index (Phi) is 3.18. The second-order valence-electron chi connectivity index (χ2n) is 5.12.